The molecule has 0 aliphatic heterocycles. The Labute approximate surface area is 97.0 Å². The molecule has 6 heteroatoms. The fourth-order valence-corrected chi connectivity index (χ4v) is 1.18. The highest BCUT2D eigenvalue weighted by atomic mass is 35.5. The van der Waals surface area contributed by atoms with Crippen molar-refractivity contribution in [2.45, 2.75) is 0 Å². The van der Waals surface area contributed by atoms with Gasteiger partial charge >= 0.3 is 5.97 Å². The lowest BCUT2D eigenvalue weighted by Gasteiger charge is -2.09. The van der Waals surface area contributed by atoms with Crippen molar-refractivity contribution >= 4 is 29.2 Å². The molecule has 0 radical (unpaired) electrons. The molecule has 0 spiro atoms. The molecular formula is C10H10ClNO4. The molecule has 2 N–H and O–H groups in total. The molecule has 86 valence electrons. The molecule has 0 fully saturated rings. The van der Waals surface area contributed by atoms with Crippen LogP contribution in [0.2, 0.25) is 0 Å². The number of hydrogen-bond acceptors (Lipinski definition) is 3. The van der Waals surface area contributed by atoms with E-state index in [0.29, 0.717) is 5.69 Å². The van der Waals surface area contributed by atoms with E-state index < -0.39 is 5.97 Å². The predicted molar refractivity (Wildman–Crippen MR) is 59.3 cm³/mol. The molecule has 1 rings (SSSR count). The van der Waals surface area contributed by atoms with E-state index in [0.717, 1.165) is 0 Å². The van der Waals surface area contributed by atoms with Crippen molar-refractivity contribution in [3.05, 3.63) is 23.8 Å². The number of benzene rings is 1. The topological polar surface area (TPSA) is 75.6 Å². The summed E-state index contributed by atoms with van der Waals surface area (Å²) in [7, 11) is 1.39. The van der Waals surface area contributed by atoms with Crippen molar-refractivity contribution in [2.24, 2.45) is 0 Å². The zero-order chi connectivity index (χ0) is 12.1. The van der Waals surface area contributed by atoms with Gasteiger partial charge in [-0.3, -0.25) is 4.79 Å². The highest BCUT2D eigenvalue weighted by molar-refractivity contribution is 6.29. The number of aromatic carboxylic acids is 1. The summed E-state index contributed by atoms with van der Waals surface area (Å²) in [5.74, 6) is -1.35. The van der Waals surface area contributed by atoms with Crippen LogP contribution in [0.4, 0.5) is 5.69 Å². The summed E-state index contributed by atoms with van der Waals surface area (Å²) < 4.78 is 4.96. The van der Waals surface area contributed by atoms with Crippen molar-refractivity contribution in [2.75, 3.05) is 18.3 Å². The number of amides is 1. The molecule has 0 atom stereocenters. The van der Waals surface area contributed by atoms with Crippen LogP contribution < -0.4 is 10.1 Å². The Kier molecular flexibility index (Phi) is 4.13. The number of ether oxygens (including phenoxy) is 1. The standard InChI is InChI=1S/C10H10ClNO4/c1-16-8-4-6(10(14)15)2-3-7(8)12-9(13)5-11/h2-4H,5H2,1H3,(H,12,13)(H,14,15). The first-order valence-electron chi connectivity index (χ1n) is 4.35. The van der Waals surface area contributed by atoms with E-state index in [1.807, 2.05) is 0 Å². The van der Waals surface area contributed by atoms with E-state index in [1.54, 1.807) is 0 Å². The number of carboxylic acid groups (broad SMARTS) is 1. The molecule has 5 nitrogen and oxygen atoms in total. The number of hydrogen-bond donors (Lipinski definition) is 2. The molecular weight excluding hydrogens is 234 g/mol. The van der Waals surface area contributed by atoms with Gasteiger partial charge in [0.1, 0.15) is 11.6 Å². The van der Waals surface area contributed by atoms with Crippen molar-refractivity contribution in [1.29, 1.82) is 0 Å². The van der Waals surface area contributed by atoms with Gasteiger partial charge in [0, 0.05) is 0 Å². The zero-order valence-electron chi connectivity index (χ0n) is 8.49. The fourth-order valence-electron chi connectivity index (χ4n) is 1.11. The van der Waals surface area contributed by atoms with Gasteiger partial charge in [0.05, 0.1) is 18.4 Å². The largest absolute Gasteiger partial charge is 0.495 e. The fraction of sp³-hybridized carbons (Fsp3) is 0.200. The summed E-state index contributed by atoms with van der Waals surface area (Å²) in [6, 6.07) is 4.15. The third-order valence-corrected chi connectivity index (χ3v) is 2.09. The Morgan fingerprint density at radius 2 is 2.19 bits per heavy atom. The van der Waals surface area contributed by atoms with E-state index in [2.05, 4.69) is 5.32 Å². The molecule has 1 aromatic rings. The predicted octanol–water partition coefficient (Wildman–Crippen LogP) is 1.57. The number of carbonyl (C=O) groups is 2. The second-order valence-electron chi connectivity index (χ2n) is 2.90. The van der Waals surface area contributed by atoms with Crippen molar-refractivity contribution in [3.8, 4) is 5.75 Å². The van der Waals surface area contributed by atoms with Crippen LogP contribution in [0.1, 0.15) is 10.4 Å². The Bertz CT molecular complexity index is 419. The Balaban J connectivity index is 3.02. The molecule has 0 aliphatic carbocycles. The van der Waals surface area contributed by atoms with Crippen LogP contribution in [0.15, 0.2) is 18.2 Å². The second-order valence-corrected chi connectivity index (χ2v) is 3.17. The zero-order valence-corrected chi connectivity index (χ0v) is 9.25. The molecule has 16 heavy (non-hydrogen) atoms. The van der Waals surface area contributed by atoms with Crippen molar-refractivity contribution in [1.82, 2.24) is 0 Å². The minimum absolute atomic E-state index is 0.0840. The summed E-state index contributed by atoms with van der Waals surface area (Å²) in [5.41, 5.74) is 0.471. The number of carboxylic acids is 1. The van der Waals surface area contributed by atoms with Gasteiger partial charge in [-0.25, -0.2) is 4.79 Å². The summed E-state index contributed by atoms with van der Waals surface area (Å²) in [5, 5.41) is 11.2. The molecule has 0 bridgehead atoms. The maximum Gasteiger partial charge on any atom is 0.335 e. The highest BCUT2D eigenvalue weighted by Gasteiger charge is 2.10. The third kappa shape index (κ3) is 2.87. The first-order valence-corrected chi connectivity index (χ1v) is 4.89. The van der Waals surface area contributed by atoms with Crippen LogP contribution in [0.3, 0.4) is 0 Å². The Morgan fingerprint density at radius 1 is 1.50 bits per heavy atom. The second kappa shape index (κ2) is 5.37. The van der Waals surface area contributed by atoms with Crippen LogP contribution in [0, 0.1) is 0 Å². The van der Waals surface area contributed by atoms with Gasteiger partial charge in [-0.15, -0.1) is 11.6 Å². The van der Waals surface area contributed by atoms with Gasteiger partial charge in [-0.2, -0.15) is 0 Å². The first kappa shape index (κ1) is 12.3. The minimum atomic E-state index is -1.06. The molecule has 0 unspecified atom stereocenters. The summed E-state index contributed by atoms with van der Waals surface area (Å²) in [6.07, 6.45) is 0. The summed E-state index contributed by atoms with van der Waals surface area (Å²) in [6.45, 7) is 0. The number of anilines is 1. The average Bonchev–Trinajstić information content (AvgIpc) is 2.29. The molecule has 0 aliphatic rings. The average molecular weight is 244 g/mol. The van der Waals surface area contributed by atoms with Gasteiger partial charge in [-0.05, 0) is 18.2 Å². The highest BCUT2D eigenvalue weighted by Crippen LogP contribution is 2.25. The number of rotatable bonds is 4. The molecule has 0 saturated carbocycles. The van der Waals surface area contributed by atoms with Gasteiger partial charge in [0.25, 0.3) is 0 Å². The summed E-state index contributed by atoms with van der Waals surface area (Å²) in [4.78, 5) is 21.7. The lowest BCUT2D eigenvalue weighted by atomic mass is 10.2. The quantitative estimate of drug-likeness (QED) is 0.787. The number of methoxy groups -OCH3 is 1. The Hall–Kier alpha value is -1.75. The molecule has 1 aromatic carbocycles. The maximum atomic E-state index is 11.1. The Morgan fingerprint density at radius 3 is 2.69 bits per heavy atom. The van der Waals surface area contributed by atoms with E-state index in [-0.39, 0.29) is 23.1 Å². The number of nitrogens with one attached hydrogen (secondary N) is 1. The van der Waals surface area contributed by atoms with Crippen LogP contribution >= 0.6 is 11.6 Å². The molecule has 0 saturated heterocycles. The third-order valence-electron chi connectivity index (χ3n) is 1.84. The normalized spacial score (nSPS) is 9.62. The molecule has 0 aromatic heterocycles. The number of carbonyl (C=O) groups excluding carboxylic acids is 1. The van der Waals surface area contributed by atoms with E-state index in [4.69, 9.17) is 21.4 Å². The number of alkyl halides is 1. The smallest absolute Gasteiger partial charge is 0.335 e. The lowest BCUT2D eigenvalue weighted by Crippen LogP contribution is -2.13. The van der Waals surface area contributed by atoms with Crippen LogP contribution in [-0.2, 0) is 4.79 Å². The van der Waals surface area contributed by atoms with E-state index in [9.17, 15) is 9.59 Å². The van der Waals surface area contributed by atoms with Gasteiger partial charge < -0.3 is 15.2 Å². The van der Waals surface area contributed by atoms with Gasteiger partial charge in [-0.1, -0.05) is 0 Å². The van der Waals surface area contributed by atoms with Gasteiger partial charge in [0.2, 0.25) is 5.91 Å². The van der Waals surface area contributed by atoms with Crippen LogP contribution in [0.25, 0.3) is 0 Å². The SMILES string of the molecule is COc1cc(C(=O)O)ccc1NC(=O)CCl. The molecule has 0 heterocycles. The molecule has 1 amide bonds. The monoisotopic (exact) mass is 243 g/mol. The van der Waals surface area contributed by atoms with Crippen LogP contribution in [0.5, 0.6) is 5.75 Å². The first-order chi connectivity index (χ1) is 7.58. The minimum Gasteiger partial charge on any atom is -0.495 e. The van der Waals surface area contributed by atoms with Crippen molar-refractivity contribution in [3.63, 3.8) is 0 Å². The van der Waals surface area contributed by atoms with E-state index in [1.165, 1.54) is 25.3 Å². The van der Waals surface area contributed by atoms with E-state index >= 15 is 0 Å². The van der Waals surface area contributed by atoms with Gasteiger partial charge in [0.15, 0.2) is 0 Å². The van der Waals surface area contributed by atoms with Crippen molar-refractivity contribution < 1.29 is 19.4 Å². The lowest BCUT2D eigenvalue weighted by molar-refractivity contribution is -0.113. The maximum absolute atomic E-state index is 11.1. The summed E-state index contributed by atoms with van der Waals surface area (Å²) >= 11 is 5.33. The number of halogens is 1. The van der Waals surface area contributed by atoms with Crippen LogP contribution in [-0.4, -0.2) is 30.0 Å².